The van der Waals surface area contributed by atoms with Crippen molar-refractivity contribution in [3.63, 3.8) is 0 Å². The van der Waals surface area contributed by atoms with Gasteiger partial charge in [0.1, 0.15) is 34.4 Å². The molecular formula is C15H18N6O5S2. The van der Waals surface area contributed by atoms with E-state index in [4.69, 9.17) is 10.5 Å². The van der Waals surface area contributed by atoms with Crippen LogP contribution in [0.2, 0.25) is 0 Å². The standard InChI is InChI=1S/C15H18N6O5S2/c1-7-2-3-9(27-7)28(24,25)20-4-8-11(22)12(23)15(26-8)21-6-19-10-13(16)17-5-18-14(10)21/h2-3,5-6,8,11-12,15,20,22-23H,4H2,1H3,(H2,16,17,18)/t8-,11-,12-,15-/m1/s1. The summed E-state index contributed by atoms with van der Waals surface area (Å²) in [5.74, 6) is 0.173. The molecule has 0 bridgehead atoms. The maximum Gasteiger partial charge on any atom is 0.250 e. The first-order chi connectivity index (χ1) is 13.3. The summed E-state index contributed by atoms with van der Waals surface area (Å²) in [7, 11) is -3.74. The predicted octanol–water partition coefficient (Wildman–Crippen LogP) is -0.624. The number of imidazole rings is 1. The average molecular weight is 426 g/mol. The monoisotopic (exact) mass is 426 g/mol. The van der Waals surface area contributed by atoms with Crippen LogP contribution in [-0.2, 0) is 14.8 Å². The van der Waals surface area contributed by atoms with E-state index in [0.29, 0.717) is 11.2 Å². The number of nitrogen functional groups attached to an aromatic ring is 1. The third-order valence-electron chi connectivity index (χ3n) is 4.45. The summed E-state index contributed by atoms with van der Waals surface area (Å²) in [4.78, 5) is 12.9. The normalized spacial score (nSPS) is 25.5. The number of fused-ring (bicyclic) bond motifs is 1. The number of nitrogens with zero attached hydrogens (tertiary/aromatic N) is 4. The van der Waals surface area contributed by atoms with E-state index in [1.807, 2.05) is 0 Å². The van der Waals surface area contributed by atoms with E-state index < -0.39 is 34.6 Å². The largest absolute Gasteiger partial charge is 0.387 e. The molecule has 3 aromatic rings. The van der Waals surface area contributed by atoms with Crippen molar-refractivity contribution in [1.29, 1.82) is 0 Å². The molecule has 3 aromatic heterocycles. The molecule has 4 rings (SSSR count). The first-order valence-electron chi connectivity index (χ1n) is 8.28. The Balaban J connectivity index is 1.52. The molecule has 28 heavy (non-hydrogen) atoms. The van der Waals surface area contributed by atoms with E-state index >= 15 is 0 Å². The molecule has 0 saturated carbocycles. The maximum absolute atomic E-state index is 12.4. The number of nitrogens with one attached hydrogen (secondary N) is 1. The van der Waals surface area contributed by atoms with Gasteiger partial charge in [0.05, 0.1) is 6.33 Å². The van der Waals surface area contributed by atoms with E-state index in [-0.39, 0.29) is 16.6 Å². The molecule has 4 atom stereocenters. The van der Waals surface area contributed by atoms with Gasteiger partial charge in [0, 0.05) is 11.4 Å². The van der Waals surface area contributed by atoms with Crippen LogP contribution in [0.4, 0.5) is 5.82 Å². The Morgan fingerprint density at radius 1 is 1.29 bits per heavy atom. The molecule has 13 heteroatoms. The Kier molecular flexibility index (Phi) is 4.81. The summed E-state index contributed by atoms with van der Waals surface area (Å²) < 4.78 is 34.5. The molecule has 0 aromatic carbocycles. The first kappa shape index (κ1) is 19.2. The smallest absolute Gasteiger partial charge is 0.250 e. The number of ether oxygens (including phenoxy) is 1. The van der Waals surface area contributed by atoms with Crippen molar-refractivity contribution in [3.05, 3.63) is 29.7 Å². The quantitative estimate of drug-likeness (QED) is 0.416. The van der Waals surface area contributed by atoms with Gasteiger partial charge < -0.3 is 20.7 Å². The van der Waals surface area contributed by atoms with Crippen LogP contribution in [0.5, 0.6) is 0 Å². The summed E-state index contributed by atoms with van der Waals surface area (Å²) in [5, 5.41) is 20.7. The first-order valence-corrected chi connectivity index (χ1v) is 10.6. The molecule has 1 saturated heterocycles. The molecule has 1 fully saturated rings. The highest BCUT2D eigenvalue weighted by molar-refractivity contribution is 7.91. The lowest BCUT2D eigenvalue weighted by Gasteiger charge is -2.16. The zero-order valence-corrected chi connectivity index (χ0v) is 16.3. The van der Waals surface area contributed by atoms with Gasteiger partial charge >= 0.3 is 0 Å². The van der Waals surface area contributed by atoms with E-state index in [9.17, 15) is 18.6 Å². The van der Waals surface area contributed by atoms with Crippen LogP contribution in [-0.4, -0.2) is 63.0 Å². The fourth-order valence-corrected chi connectivity index (χ4v) is 5.38. The second-order valence-corrected chi connectivity index (χ2v) is 9.63. The van der Waals surface area contributed by atoms with Crippen molar-refractivity contribution < 1.29 is 23.4 Å². The van der Waals surface area contributed by atoms with Crippen molar-refractivity contribution in [2.24, 2.45) is 0 Å². The van der Waals surface area contributed by atoms with Gasteiger partial charge in [-0.25, -0.2) is 28.1 Å². The van der Waals surface area contributed by atoms with Gasteiger partial charge in [0.25, 0.3) is 0 Å². The zero-order chi connectivity index (χ0) is 20.1. The van der Waals surface area contributed by atoms with Gasteiger partial charge in [-0.15, -0.1) is 11.3 Å². The number of hydrogen-bond acceptors (Lipinski definition) is 10. The molecule has 0 radical (unpaired) electrons. The Morgan fingerprint density at radius 2 is 2.07 bits per heavy atom. The molecule has 4 heterocycles. The van der Waals surface area contributed by atoms with Gasteiger partial charge in [0.15, 0.2) is 17.7 Å². The number of anilines is 1. The minimum absolute atomic E-state index is 0.169. The molecule has 150 valence electrons. The van der Waals surface area contributed by atoms with Crippen molar-refractivity contribution in [2.75, 3.05) is 12.3 Å². The van der Waals surface area contributed by atoms with Crippen LogP contribution < -0.4 is 10.5 Å². The Bertz CT molecular complexity index is 1110. The van der Waals surface area contributed by atoms with Gasteiger partial charge in [0.2, 0.25) is 10.0 Å². The highest BCUT2D eigenvalue weighted by atomic mass is 32.2. The van der Waals surface area contributed by atoms with Gasteiger partial charge in [-0.1, -0.05) is 0 Å². The minimum Gasteiger partial charge on any atom is -0.387 e. The molecule has 0 aliphatic carbocycles. The summed E-state index contributed by atoms with van der Waals surface area (Å²) in [5.41, 5.74) is 6.43. The third kappa shape index (κ3) is 3.25. The van der Waals surface area contributed by atoms with Crippen molar-refractivity contribution in [2.45, 2.75) is 35.7 Å². The lowest BCUT2D eigenvalue weighted by molar-refractivity contribution is -0.0330. The number of sulfonamides is 1. The van der Waals surface area contributed by atoms with Crippen LogP contribution >= 0.6 is 11.3 Å². The van der Waals surface area contributed by atoms with Crippen LogP contribution in [0.3, 0.4) is 0 Å². The molecule has 0 unspecified atom stereocenters. The maximum atomic E-state index is 12.4. The van der Waals surface area contributed by atoms with Crippen LogP contribution in [0.25, 0.3) is 11.2 Å². The third-order valence-corrected chi connectivity index (χ3v) is 7.37. The highest BCUT2D eigenvalue weighted by Gasteiger charge is 2.44. The Labute approximate surface area is 163 Å². The number of aromatic nitrogens is 4. The SMILES string of the molecule is Cc1ccc(S(=O)(=O)NC[C@H]2O[C@@H](n3cnc4c(N)ncnc43)[C@H](O)[C@@H]2O)s1. The second-order valence-electron chi connectivity index (χ2n) is 6.35. The molecule has 1 aliphatic rings. The lowest BCUT2D eigenvalue weighted by Crippen LogP contribution is -2.39. The Hall–Kier alpha value is -2.16. The Morgan fingerprint density at radius 3 is 2.79 bits per heavy atom. The average Bonchev–Trinajstić information content (AvgIpc) is 3.34. The fraction of sp³-hybridized carbons (Fsp3) is 0.400. The number of aliphatic hydroxyl groups is 2. The van der Waals surface area contributed by atoms with E-state index in [1.165, 1.54) is 23.3 Å². The topological polar surface area (TPSA) is 165 Å². The van der Waals surface area contributed by atoms with Gasteiger partial charge in [-0.2, -0.15) is 0 Å². The second kappa shape index (κ2) is 7.02. The van der Waals surface area contributed by atoms with E-state index in [2.05, 4.69) is 19.7 Å². The van der Waals surface area contributed by atoms with Gasteiger partial charge in [-0.05, 0) is 19.1 Å². The van der Waals surface area contributed by atoms with Crippen molar-refractivity contribution in [1.82, 2.24) is 24.2 Å². The van der Waals surface area contributed by atoms with E-state index in [0.717, 1.165) is 16.2 Å². The number of rotatable bonds is 5. The van der Waals surface area contributed by atoms with Crippen LogP contribution in [0.15, 0.2) is 29.0 Å². The lowest BCUT2D eigenvalue weighted by atomic mass is 10.1. The molecular weight excluding hydrogens is 408 g/mol. The molecule has 11 nitrogen and oxygen atoms in total. The number of thiophene rings is 1. The number of nitrogens with two attached hydrogens (primary N) is 1. The summed E-state index contributed by atoms with van der Waals surface area (Å²) in [6, 6.07) is 3.21. The van der Waals surface area contributed by atoms with Crippen molar-refractivity contribution in [3.8, 4) is 0 Å². The number of aryl methyl sites for hydroxylation is 1. The predicted molar refractivity (Wildman–Crippen MR) is 99.9 cm³/mol. The zero-order valence-electron chi connectivity index (χ0n) is 14.6. The van der Waals surface area contributed by atoms with E-state index in [1.54, 1.807) is 13.0 Å². The van der Waals surface area contributed by atoms with Crippen LogP contribution in [0, 0.1) is 6.92 Å². The minimum atomic E-state index is -3.74. The van der Waals surface area contributed by atoms with Crippen molar-refractivity contribution >= 4 is 38.3 Å². The van der Waals surface area contributed by atoms with Crippen LogP contribution in [0.1, 0.15) is 11.1 Å². The highest BCUT2D eigenvalue weighted by Crippen LogP contribution is 2.32. The number of hydrogen-bond donors (Lipinski definition) is 4. The molecule has 0 spiro atoms. The fourth-order valence-electron chi connectivity index (χ4n) is 3.00. The molecule has 0 amide bonds. The summed E-state index contributed by atoms with van der Waals surface area (Å²) in [6.45, 7) is 1.60. The molecule has 1 aliphatic heterocycles. The summed E-state index contributed by atoms with van der Waals surface area (Å²) >= 11 is 1.14. The van der Waals surface area contributed by atoms with Gasteiger partial charge in [-0.3, -0.25) is 4.57 Å². The summed E-state index contributed by atoms with van der Waals surface area (Å²) in [6.07, 6.45) is -1.97. The molecule has 5 N–H and O–H groups in total. The number of aliphatic hydroxyl groups excluding tert-OH is 2.